The highest BCUT2D eigenvalue weighted by Gasteiger charge is 1.94. The summed E-state index contributed by atoms with van der Waals surface area (Å²) in [5.74, 6) is 0.746. The Bertz CT molecular complexity index is 176. The van der Waals surface area contributed by atoms with Crippen molar-refractivity contribution in [1.29, 1.82) is 0 Å². The molecule has 0 aliphatic heterocycles. The molecule has 0 saturated heterocycles. The van der Waals surface area contributed by atoms with Gasteiger partial charge in [0.1, 0.15) is 0 Å². The van der Waals surface area contributed by atoms with Crippen molar-refractivity contribution in [2.24, 2.45) is 5.92 Å². The van der Waals surface area contributed by atoms with E-state index >= 15 is 0 Å². The molecule has 0 aromatic rings. The fraction of sp³-hybridized carbons (Fsp3) is 0.923. The van der Waals surface area contributed by atoms with Crippen molar-refractivity contribution >= 4 is 6.41 Å². The highest BCUT2D eigenvalue weighted by atomic mass is 16.5. The molecule has 18 heavy (non-hydrogen) atoms. The van der Waals surface area contributed by atoms with Crippen LogP contribution in [0.25, 0.3) is 0 Å². The van der Waals surface area contributed by atoms with Gasteiger partial charge >= 0.3 is 0 Å². The Morgan fingerprint density at radius 3 is 2.06 bits per heavy atom. The second-order valence-electron chi connectivity index (χ2n) is 4.45. The summed E-state index contributed by atoms with van der Waals surface area (Å²) in [5, 5.41) is 2.52. The van der Waals surface area contributed by atoms with E-state index in [4.69, 9.17) is 14.2 Å². The van der Waals surface area contributed by atoms with Crippen molar-refractivity contribution in [1.82, 2.24) is 5.32 Å². The topological polar surface area (TPSA) is 56.8 Å². The molecule has 108 valence electrons. The van der Waals surface area contributed by atoms with E-state index in [2.05, 4.69) is 19.2 Å². The van der Waals surface area contributed by atoms with Crippen LogP contribution in [0.4, 0.5) is 0 Å². The SMILES string of the molecule is CC(C)CCCOCCOCCOCCNC=O. The second kappa shape index (κ2) is 14.4. The van der Waals surface area contributed by atoms with E-state index < -0.39 is 0 Å². The number of nitrogens with one attached hydrogen (secondary N) is 1. The van der Waals surface area contributed by atoms with Gasteiger partial charge < -0.3 is 19.5 Å². The summed E-state index contributed by atoms with van der Waals surface area (Å²) >= 11 is 0. The van der Waals surface area contributed by atoms with Crippen LogP contribution in [0, 0.1) is 5.92 Å². The fourth-order valence-electron chi connectivity index (χ4n) is 1.33. The normalized spacial score (nSPS) is 10.8. The molecule has 5 nitrogen and oxygen atoms in total. The van der Waals surface area contributed by atoms with Crippen LogP contribution in [0.3, 0.4) is 0 Å². The number of hydrogen-bond donors (Lipinski definition) is 1. The smallest absolute Gasteiger partial charge is 0.207 e. The maximum absolute atomic E-state index is 9.92. The monoisotopic (exact) mass is 261 g/mol. The van der Waals surface area contributed by atoms with Crippen molar-refractivity contribution in [2.75, 3.05) is 46.2 Å². The van der Waals surface area contributed by atoms with E-state index in [0.717, 1.165) is 18.9 Å². The Morgan fingerprint density at radius 2 is 1.50 bits per heavy atom. The van der Waals surface area contributed by atoms with E-state index in [1.54, 1.807) is 0 Å². The van der Waals surface area contributed by atoms with Gasteiger partial charge in [-0.1, -0.05) is 13.8 Å². The van der Waals surface area contributed by atoms with Gasteiger partial charge in [-0.05, 0) is 18.8 Å². The summed E-state index contributed by atoms with van der Waals surface area (Å²) in [6.45, 7) is 8.68. The largest absolute Gasteiger partial charge is 0.379 e. The number of rotatable bonds is 14. The molecule has 5 heteroatoms. The third-order valence-corrected chi connectivity index (χ3v) is 2.29. The van der Waals surface area contributed by atoms with Gasteiger partial charge in [-0.3, -0.25) is 4.79 Å². The predicted octanol–water partition coefficient (Wildman–Crippen LogP) is 1.22. The van der Waals surface area contributed by atoms with Gasteiger partial charge in [0.15, 0.2) is 0 Å². The Kier molecular flexibility index (Phi) is 13.9. The number of amides is 1. The zero-order chi connectivity index (χ0) is 13.5. The summed E-state index contributed by atoms with van der Waals surface area (Å²) in [6, 6.07) is 0. The molecule has 0 unspecified atom stereocenters. The Morgan fingerprint density at radius 1 is 0.944 bits per heavy atom. The molecule has 0 atom stereocenters. The predicted molar refractivity (Wildman–Crippen MR) is 70.6 cm³/mol. The lowest BCUT2D eigenvalue weighted by atomic mass is 10.1. The van der Waals surface area contributed by atoms with Crippen LogP contribution in [0.2, 0.25) is 0 Å². The molecule has 0 aliphatic carbocycles. The van der Waals surface area contributed by atoms with Gasteiger partial charge in [0.25, 0.3) is 0 Å². The molecule has 0 spiro atoms. The average Bonchev–Trinajstić information content (AvgIpc) is 2.34. The van der Waals surface area contributed by atoms with Crippen LogP contribution in [-0.2, 0) is 19.0 Å². The zero-order valence-electron chi connectivity index (χ0n) is 11.7. The van der Waals surface area contributed by atoms with Crippen LogP contribution < -0.4 is 5.32 Å². The standard InChI is InChI=1S/C13H27NO4/c1-13(2)4-3-6-16-8-10-18-11-9-17-7-5-14-12-15/h12-13H,3-11H2,1-2H3,(H,14,15). The van der Waals surface area contributed by atoms with Gasteiger partial charge in [0.2, 0.25) is 6.41 Å². The number of carbonyl (C=O) groups is 1. The van der Waals surface area contributed by atoms with Crippen molar-refractivity contribution < 1.29 is 19.0 Å². The first-order valence-electron chi connectivity index (χ1n) is 6.67. The first-order chi connectivity index (χ1) is 8.77. The third kappa shape index (κ3) is 15.4. The van der Waals surface area contributed by atoms with E-state index in [1.165, 1.54) is 6.42 Å². The minimum atomic E-state index is 0.522. The molecule has 0 radical (unpaired) electrons. The average molecular weight is 261 g/mol. The van der Waals surface area contributed by atoms with Crippen LogP contribution in [0.5, 0.6) is 0 Å². The number of carbonyl (C=O) groups excluding carboxylic acids is 1. The Labute approximate surface area is 110 Å². The summed E-state index contributed by atoms with van der Waals surface area (Å²) in [7, 11) is 0. The number of ether oxygens (including phenoxy) is 3. The van der Waals surface area contributed by atoms with Gasteiger partial charge in [-0.15, -0.1) is 0 Å². The summed E-state index contributed by atoms with van der Waals surface area (Å²) in [5.41, 5.74) is 0. The third-order valence-electron chi connectivity index (χ3n) is 2.29. The van der Waals surface area contributed by atoms with E-state index in [-0.39, 0.29) is 0 Å². The molecule has 0 heterocycles. The highest BCUT2D eigenvalue weighted by molar-refractivity contribution is 5.45. The van der Waals surface area contributed by atoms with E-state index in [1.807, 2.05) is 0 Å². The maximum atomic E-state index is 9.92. The maximum Gasteiger partial charge on any atom is 0.207 e. The molecule has 1 N–H and O–H groups in total. The van der Waals surface area contributed by atoms with Crippen LogP contribution in [0.15, 0.2) is 0 Å². The molecule has 1 amide bonds. The van der Waals surface area contributed by atoms with Crippen molar-refractivity contribution in [3.63, 3.8) is 0 Å². The van der Waals surface area contributed by atoms with Crippen LogP contribution in [0.1, 0.15) is 26.7 Å². The Balaban J connectivity index is 2.92. The summed E-state index contributed by atoms with van der Waals surface area (Å²) < 4.78 is 16.0. The lowest BCUT2D eigenvalue weighted by molar-refractivity contribution is -0.109. The molecular formula is C13H27NO4. The first kappa shape index (κ1) is 17.4. The molecule has 0 rings (SSSR count). The summed E-state index contributed by atoms with van der Waals surface area (Å²) in [4.78, 5) is 9.92. The second-order valence-corrected chi connectivity index (χ2v) is 4.45. The Hall–Kier alpha value is -0.650. The highest BCUT2D eigenvalue weighted by Crippen LogP contribution is 2.02. The molecule has 0 bridgehead atoms. The van der Waals surface area contributed by atoms with Gasteiger partial charge in [-0.25, -0.2) is 0 Å². The van der Waals surface area contributed by atoms with Gasteiger partial charge in [0, 0.05) is 13.2 Å². The molecule has 0 aliphatic rings. The van der Waals surface area contributed by atoms with Crippen molar-refractivity contribution in [3.8, 4) is 0 Å². The summed E-state index contributed by atoms with van der Waals surface area (Å²) in [6.07, 6.45) is 2.99. The zero-order valence-corrected chi connectivity index (χ0v) is 11.7. The first-order valence-corrected chi connectivity index (χ1v) is 6.67. The fourth-order valence-corrected chi connectivity index (χ4v) is 1.33. The minimum absolute atomic E-state index is 0.522. The lowest BCUT2D eigenvalue weighted by Crippen LogP contribution is -2.19. The molecule has 0 fully saturated rings. The molecular weight excluding hydrogens is 234 g/mol. The van der Waals surface area contributed by atoms with Gasteiger partial charge in [0.05, 0.1) is 33.0 Å². The molecule has 0 saturated carbocycles. The lowest BCUT2D eigenvalue weighted by Gasteiger charge is -2.07. The number of hydrogen-bond acceptors (Lipinski definition) is 4. The van der Waals surface area contributed by atoms with E-state index in [0.29, 0.717) is 46.0 Å². The van der Waals surface area contributed by atoms with Crippen molar-refractivity contribution in [2.45, 2.75) is 26.7 Å². The molecule has 0 aromatic heterocycles. The molecule has 0 aromatic carbocycles. The van der Waals surface area contributed by atoms with Crippen molar-refractivity contribution in [3.05, 3.63) is 0 Å². The minimum Gasteiger partial charge on any atom is -0.379 e. The quantitative estimate of drug-likeness (QED) is 0.377. The van der Waals surface area contributed by atoms with E-state index in [9.17, 15) is 4.79 Å². The van der Waals surface area contributed by atoms with Crippen LogP contribution in [-0.4, -0.2) is 52.6 Å². The van der Waals surface area contributed by atoms with Crippen LogP contribution >= 0.6 is 0 Å². The van der Waals surface area contributed by atoms with Gasteiger partial charge in [-0.2, -0.15) is 0 Å².